The Hall–Kier alpha value is -3.28. The maximum atomic E-state index is 13.0. The zero-order valence-corrected chi connectivity index (χ0v) is 17.6. The molecule has 2 aliphatic heterocycles. The average Bonchev–Trinajstić information content (AvgIpc) is 3.42. The number of H-pyrrole nitrogens is 1. The van der Waals surface area contributed by atoms with Crippen molar-refractivity contribution >= 4 is 22.7 Å². The summed E-state index contributed by atoms with van der Waals surface area (Å²) >= 11 is 0. The van der Waals surface area contributed by atoms with Crippen molar-refractivity contribution in [3.05, 3.63) is 65.4 Å². The summed E-state index contributed by atoms with van der Waals surface area (Å²) in [6.07, 6.45) is 5.27. The summed E-state index contributed by atoms with van der Waals surface area (Å²) < 4.78 is 5.87. The van der Waals surface area contributed by atoms with E-state index in [2.05, 4.69) is 11.1 Å². The van der Waals surface area contributed by atoms with E-state index in [-0.39, 0.29) is 11.8 Å². The van der Waals surface area contributed by atoms with Gasteiger partial charge in [0, 0.05) is 54.3 Å². The van der Waals surface area contributed by atoms with Gasteiger partial charge in [-0.05, 0) is 49.1 Å². The third-order valence-corrected chi connectivity index (χ3v) is 6.32. The van der Waals surface area contributed by atoms with Crippen LogP contribution in [0.3, 0.4) is 0 Å². The number of carbonyl (C=O) groups excluding carboxylic acids is 2. The average molecular weight is 418 g/mol. The lowest BCUT2D eigenvalue weighted by Crippen LogP contribution is -2.32. The largest absolute Gasteiger partial charge is 0.491 e. The molecule has 0 atom stereocenters. The maximum Gasteiger partial charge on any atom is 0.253 e. The molecule has 0 radical (unpaired) electrons. The lowest BCUT2D eigenvalue weighted by Gasteiger charge is -2.20. The van der Waals surface area contributed by atoms with Gasteiger partial charge in [-0.15, -0.1) is 0 Å². The molecule has 0 aliphatic carbocycles. The first-order chi connectivity index (χ1) is 15.2. The highest BCUT2D eigenvalue weighted by Gasteiger charge is 2.24. The van der Waals surface area contributed by atoms with Gasteiger partial charge < -0.3 is 19.5 Å². The SMILES string of the molecule is O=C(CCc1c[nH]c2ccccc12)N1CCOc2ccc(C(=O)N3CCCC3)cc2C1. The van der Waals surface area contributed by atoms with Crippen molar-refractivity contribution in [3.8, 4) is 5.75 Å². The number of aromatic amines is 1. The van der Waals surface area contributed by atoms with Crippen LogP contribution in [-0.4, -0.2) is 52.8 Å². The van der Waals surface area contributed by atoms with Crippen molar-refractivity contribution in [2.75, 3.05) is 26.2 Å². The molecular weight excluding hydrogens is 390 g/mol. The lowest BCUT2D eigenvalue weighted by molar-refractivity contribution is -0.131. The van der Waals surface area contributed by atoms with Gasteiger partial charge in [-0.3, -0.25) is 9.59 Å². The van der Waals surface area contributed by atoms with Crippen molar-refractivity contribution in [2.24, 2.45) is 0 Å². The quantitative estimate of drug-likeness (QED) is 0.703. The summed E-state index contributed by atoms with van der Waals surface area (Å²) in [5.74, 6) is 0.949. The Kier molecular flexibility index (Phi) is 5.37. The predicted molar refractivity (Wildman–Crippen MR) is 119 cm³/mol. The topological polar surface area (TPSA) is 65.6 Å². The van der Waals surface area contributed by atoms with Gasteiger partial charge in [-0.2, -0.15) is 0 Å². The van der Waals surface area contributed by atoms with Crippen LogP contribution in [-0.2, 0) is 17.8 Å². The van der Waals surface area contributed by atoms with Crippen molar-refractivity contribution in [1.82, 2.24) is 14.8 Å². The van der Waals surface area contributed by atoms with E-state index < -0.39 is 0 Å². The third kappa shape index (κ3) is 4.02. The molecule has 31 heavy (non-hydrogen) atoms. The number of carbonyl (C=O) groups is 2. The summed E-state index contributed by atoms with van der Waals surface area (Å²) in [5.41, 5.74) is 3.84. The molecule has 5 rings (SSSR count). The minimum Gasteiger partial charge on any atom is -0.491 e. The second-order valence-electron chi connectivity index (χ2n) is 8.35. The maximum absolute atomic E-state index is 13.0. The summed E-state index contributed by atoms with van der Waals surface area (Å²) in [6.45, 7) is 3.14. The van der Waals surface area contributed by atoms with E-state index in [9.17, 15) is 9.59 Å². The summed E-state index contributed by atoms with van der Waals surface area (Å²) in [5, 5.41) is 1.17. The van der Waals surface area contributed by atoms with Gasteiger partial charge in [0.25, 0.3) is 5.91 Å². The number of rotatable bonds is 4. The van der Waals surface area contributed by atoms with Crippen LogP contribution in [0.5, 0.6) is 5.75 Å². The molecule has 0 bridgehead atoms. The molecule has 1 fully saturated rings. The zero-order valence-electron chi connectivity index (χ0n) is 17.6. The third-order valence-electron chi connectivity index (χ3n) is 6.32. The van der Waals surface area contributed by atoms with Crippen LogP contribution in [0.2, 0.25) is 0 Å². The van der Waals surface area contributed by atoms with Crippen LogP contribution in [0.15, 0.2) is 48.7 Å². The summed E-state index contributed by atoms with van der Waals surface area (Å²) in [6, 6.07) is 13.8. The van der Waals surface area contributed by atoms with Crippen molar-refractivity contribution < 1.29 is 14.3 Å². The van der Waals surface area contributed by atoms with Gasteiger partial charge in [-0.25, -0.2) is 0 Å². The van der Waals surface area contributed by atoms with E-state index in [1.165, 1.54) is 5.39 Å². The molecule has 0 spiro atoms. The van der Waals surface area contributed by atoms with Gasteiger partial charge in [0.05, 0.1) is 6.54 Å². The molecule has 1 aromatic heterocycles. The van der Waals surface area contributed by atoms with E-state index in [1.807, 2.05) is 52.4 Å². The first-order valence-electron chi connectivity index (χ1n) is 11.1. The number of para-hydroxylation sites is 1. The fraction of sp³-hybridized carbons (Fsp3) is 0.360. The number of aryl methyl sites for hydroxylation is 1. The van der Waals surface area contributed by atoms with E-state index in [0.717, 1.165) is 48.3 Å². The Labute approximate surface area is 181 Å². The van der Waals surface area contributed by atoms with Crippen LogP contribution < -0.4 is 4.74 Å². The molecule has 3 heterocycles. The van der Waals surface area contributed by atoms with Gasteiger partial charge in [0.2, 0.25) is 5.91 Å². The first kappa shape index (κ1) is 19.7. The van der Waals surface area contributed by atoms with Crippen LogP contribution >= 0.6 is 0 Å². The molecule has 2 aliphatic rings. The molecular formula is C25H27N3O3. The van der Waals surface area contributed by atoms with Crippen LogP contribution in [0.25, 0.3) is 10.9 Å². The number of aromatic nitrogens is 1. The number of nitrogens with one attached hydrogen (secondary N) is 1. The Morgan fingerprint density at radius 2 is 1.84 bits per heavy atom. The van der Waals surface area contributed by atoms with E-state index in [0.29, 0.717) is 38.1 Å². The molecule has 2 aromatic carbocycles. The molecule has 1 saturated heterocycles. The number of likely N-dealkylation sites (tertiary alicyclic amines) is 1. The number of hydrogen-bond acceptors (Lipinski definition) is 3. The van der Waals surface area contributed by atoms with Crippen LogP contribution in [0.4, 0.5) is 0 Å². The Morgan fingerprint density at radius 1 is 1.00 bits per heavy atom. The summed E-state index contributed by atoms with van der Waals surface area (Å²) in [7, 11) is 0. The number of nitrogens with zero attached hydrogens (tertiary/aromatic N) is 2. The minimum absolute atomic E-state index is 0.0711. The highest BCUT2D eigenvalue weighted by Crippen LogP contribution is 2.26. The lowest BCUT2D eigenvalue weighted by atomic mass is 10.1. The van der Waals surface area contributed by atoms with Crippen molar-refractivity contribution in [1.29, 1.82) is 0 Å². The predicted octanol–water partition coefficient (Wildman–Crippen LogP) is 3.76. The van der Waals surface area contributed by atoms with Crippen molar-refractivity contribution in [2.45, 2.75) is 32.2 Å². The molecule has 3 aromatic rings. The van der Waals surface area contributed by atoms with E-state index >= 15 is 0 Å². The van der Waals surface area contributed by atoms with Crippen LogP contribution in [0, 0.1) is 0 Å². The zero-order chi connectivity index (χ0) is 21.2. The Morgan fingerprint density at radius 3 is 2.71 bits per heavy atom. The first-order valence-corrected chi connectivity index (χ1v) is 11.1. The molecule has 0 unspecified atom stereocenters. The normalized spacial score (nSPS) is 16.1. The fourth-order valence-corrected chi connectivity index (χ4v) is 4.58. The molecule has 6 heteroatoms. The molecule has 6 nitrogen and oxygen atoms in total. The van der Waals surface area contributed by atoms with E-state index in [1.54, 1.807) is 0 Å². The number of amides is 2. The monoisotopic (exact) mass is 417 g/mol. The van der Waals surface area contributed by atoms with Gasteiger partial charge >= 0.3 is 0 Å². The molecule has 2 amide bonds. The summed E-state index contributed by atoms with van der Waals surface area (Å²) in [4.78, 5) is 32.8. The second kappa shape index (κ2) is 8.46. The Bertz CT molecular complexity index is 1110. The number of hydrogen-bond donors (Lipinski definition) is 1. The highest BCUT2D eigenvalue weighted by atomic mass is 16.5. The number of fused-ring (bicyclic) bond motifs is 2. The molecule has 0 saturated carbocycles. The minimum atomic E-state index is 0.0711. The highest BCUT2D eigenvalue weighted by molar-refractivity contribution is 5.95. The van der Waals surface area contributed by atoms with Gasteiger partial charge in [-0.1, -0.05) is 18.2 Å². The fourth-order valence-electron chi connectivity index (χ4n) is 4.58. The Balaban J connectivity index is 1.28. The second-order valence-corrected chi connectivity index (χ2v) is 8.35. The van der Waals surface area contributed by atoms with Gasteiger partial charge in [0.1, 0.15) is 12.4 Å². The van der Waals surface area contributed by atoms with E-state index in [4.69, 9.17) is 4.74 Å². The van der Waals surface area contributed by atoms with Crippen LogP contribution in [0.1, 0.15) is 40.7 Å². The standard InChI is InChI=1S/C25H27N3O3/c29-24(10-8-19-16-26-22-6-2-1-5-21(19)22)28-13-14-31-23-9-7-18(15-20(23)17-28)25(30)27-11-3-4-12-27/h1-2,5-7,9,15-16,26H,3-4,8,10-14,17H2. The van der Waals surface area contributed by atoms with Crippen molar-refractivity contribution in [3.63, 3.8) is 0 Å². The number of benzene rings is 2. The molecule has 160 valence electrons. The van der Waals surface area contributed by atoms with Gasteiger partial charge in [0.15, 0.2) is 0 Å². The number of ether oxygens (including phenoxy) is 1. The smallest absolute Gasteiger partial charge is 0.253 e. The molecule has 1 N–H and O–H groups in total.